The van der Waals surface area contributed by atoms with E-state index in [2.05, 4.69) is 11.4 Å². The lowest BCUT2D eigenvalue weighted by Crippen LogP contribution is -2.41. The molecule has 1 saturated heterocycles. The van der Waals surface area contributed by atoms with Gasteiger partial charge in [-0.25, -0.2) is 0 Å². The Labute approximate surface area is 112 Å². The van der Waals surface area contributed by atoms with Gasteiger partial charge in [0.25, 0.3) is 0 Å². The SMILES string of the molecule is N#Cc1ccccc1NCCC(=O)N1CCOCC1. The number of nitriles is 1. The minimum Gasteiger partial charge on any atom is -0.383 e. The molecule has 0 unspecified atom stereocenters. The third-order valence-electron chi connectivity index (χ3n) is 3.07. The molecule has 100 valence electrons. The molecule has 1 fully saturated rings. The van der Waals surface area contributed by atoms with E-state index in [9.17, 15) is 4.79 Å². The molecule has 1 aliphatic heterocycles. The van der Waals surface area contributed by atoms with Crippen LogP contribution in [0.2, 0.25) is 0 Å². The van der Waals surface area contributed by atoms with E-state index in [0.29, 0.717) is 44.8 Å². The van der Waals surface area contributed by atoms with Crippen molar-refractivity contribution < 1.29 is 9.53 Å². The average Bonchev–Trinajstić information content (AvgIpc) is 2.48. The van der Waals surface area contributed by atoms with E-state index in [1.54, 1.807) is 6.07 Å². The van der Waals surface area contributed by atoms with E-state index in [1.165, 1.54) is 0 Å². The van der Waals surface area contributed by atoms with Crippen LogP contribution in [0.25, 0.3) is 0 Å². The Morgan fingerprint density at radius 2 is 2.11 bits per heavy atom. The smallest absolute Gasteiger partial charge is 0.224 e. The van der Waals surface area contributed by atoms with Gasteiger partial charge in [-0.3, -0.25) is 4.79 Å². The van der Waals surface area contributed by atoms with Gasteiger partial charge in [0.1, 0.15) is 6.07 Å². The number of amides is 1. The lowest BCUT2D eigenvalue weighted by Gasteiger charge is -2.26. The van der Waals surface area contributed by atoms with E-state index in [1.807, 2.05) is 23.1 Å². The summed E-state index contributed by atoms with van der Waals surface area (Å²) in [7, 11) is 0. The van der Waals surface area contributed by atoms with Gasteiger partial charge in [-0.1, -0.05) is 12.1 Å². The standard InChI is InChI=1S/C14H17N3O2/c15-11-12-3-1-2-4-13(12)16-6-5-14(18)17-7-9-19-10-8-17/h1-4,16H,5-10H2. The van der Waals surface area contributed by atoms with Crippen LogP contribution in [0.3, 0.4) is 0 Å². The van der Waals surface area contributed by atoms with Gasteiger partial charge < -0.3 is 15.0 Å². The number of anilines is 1. The van der Waals surface area contributed by atoms with E-state index < -0.39 is 0 Å². The van der Waals surface area contributed by atoms with Crippen LogP contribution in [0.5, 0.6) is 0 Å². The zero-order valence-electron chi connectivity index (χ0n) is 10.8. The van der Waals surface area contributed by atoms with Crippen molar-refractivity contribution in [3.8, 4) is 6.07 Å². The first-order valence-electron chi connectivity index (χ1n) is 6.40. The summed E-state index contributed by atoms with van der Waals surface area (Å²) in [6.07, 6.45) is 0.430. The topological polar surface area (TPSA) is 65.4 Å². The van der Waals surface area contributed by atoms with Gasteiger partial charge in [-0.15, -0.1) is 0 Å². The quantitative estimate of drug-likeness (QED) is 0.883. The molecule has 0 aromatic heterocycles. The molecule has 1 aromatic rings. The fraction of sp³-hybridized carbons (Fsp3) is 0.429. The van der Waals surface area contributed by atoms with E-state index in [0.717, 1.165) is 5.69 Å². The summed E-state index contributed by atoms with van der Waals surface area (Å²) in [5, 5.41) is 12.1. The molecular formula is C14H17N3O2. The zero-order chi connectivity index (χ0) is 13.5. The number of morpholine rings is 1. The minimum atomic E-state index is 0.130. The third kappa shape index (κ3) is 3.70. The Kier molecular flexibility index (Phi) is 4.76. The number of nitrogens with zero attached hydrogens (tertiary/aromatic N) is 2. The van der Waals surface area contributed by atoms with Crippen molar-refractivity contribution in [3.05, 3.63) is 29.8 Å². The highest BCUT2D eigenvalue weighted by Crippen LogP contribution is 2.13. The Morgan fingerprint density at radius 3 is 2.84 bits per heavy atom. The Balaban J connectivity index is 1.80. The van der Waals surface area contributed by atoms with E-state index in [-0.39, 0.29) is 5.91 Å². The van der Waals surface area contributed by atoms with Crippen LogP contribution in [0, 0.1) is 11.3 Å². The lowest BCUT2D eigenvalue weighted by molar-refractivity contribution is -0.134. The van der Waals surface area contributed by atoms with Crippen molar-refractivity contribution in [2.75, 3.05) is 38.2 Å². The fourth-order valence-corrected chi connectivity index (χ4v) is 2.01. The van der Waals surface area contributed by atoms with Crippen LogP contribution in [0.1, 0.15) is 12.0 Å². The summed E-state index contributed by atoms with van der Waals surface area (Å²) >= 11 is 0. The van der Waals surface area contributed by atoms with E-state index >= 15 is 0 Å². The van der Waals surface area contributed by atoms with Crippen LogP contribution in [-0.2, 0) is 9.53 Å². The normalized spacial score (nSPS) is 14.8. The molecule has 1 aliphatic rings. The molecule has 0 saturated carbocycles. The second-order valence-corrected chi connectivity index (χ2v) is 4.33. The molecule has 1 amide bonds. The first-order chi connectivity index (χ1) is 9.31. The summed E-state index contributed by atoms with van der Waals surface area (Å²) in [4.78, 5) is 13.7. The van der Waals surface area contributed by atoms with Crippen molar-refractivity contribution in [2.24, 2.45) is 0 Å². The van der Waals surface area contributed by atoms with Gasteiger partial charge in [-0.2, -0.15) is 5.26 Å². The minimum absolute atomic E-state index is 0.130. The molecule has 0 spiro atoms. The van der Waals surface area contributed by atoms with Crippen LogP contribution in [-0.4, -0.2) is 43.7 Å². The summed E-state index contributed by atoms with van der Waals surface area (Å²) < 4.78 is 5.21. The van der Waals surface area contributed by atoms with Gasteiger partial charge in [0.15, 0.2) is 0 Å². The molecule has 1 N–H and O–H groups in total. The number of hydrogen-bond acceptors (Lipinski definition) is 4. The number of carbonyl (C=O) groups excluding carboxylic acids is 1. The van der Waals surface area contributed by atoms with Crippen LogP contribution >= 0.6 is 0 Å². The lowest BCUT2D eigenvalue weighted by atomic mass is 10.2. The van der Waals surface area contributed by atoms with Crippen LogP contribution in [0.4, 0.5) is 5.69 Å². The second kappa shape index (κ2) is 6.76. The van der Waals surface area contributed by atoms with Crippen molar-refractivity contribution in [2.45, 2.75) is 6.42 Å². The molecule has 0 atom stereocenters. The first kappa shape index (κ1) is 13.4. The fourth-order valence-electron chi connectivity index (χ4n) is 2.01. The summed E-state index contributed by atoms with van der Waals surface area (Å²) in [6.45, 7) is 3.13. The maximum atomic E-state index is 11.9. The number of para-hydroxylation sites is 1. The van der Waals surface area contributed by atoms with Crippen LogP contribution in [0.15, 0.2) is 24.3 Å². The van der Waals surface area contributed by atoms with Crippen LogP contribution < -0.4 is 5.32 Å². The van der Waals surface area contributed by atoms with Gasteiger partial charge in [-0.05, 0) is 12.1 Å². The molecule has 1 heterocycles. The highest BCUT2D eigenvalue weighted by Gasteiger charge is 2.16. The van der Waals surface area contributed by atoms with Gasteiger partial charge >= 0.3 is 0 Å². The molecule has 0 bridgehead atoms. The second-order valence-electron chi connectivity index (χ2n) is 4.33. The monoisotopic (exact) mass is 259 g/mol. The van der Waals surface area contributed by atoms with Crippen molar-refractivity contribution in [1.29, 1.82) is 5.26 Å². The number of nitrogens with one attached hydrogen (secondary N) is 1. The number of hydrogen-bond donors (Lipinski definition) is 1. The number of rotatable bonds is 4. The number of ether oxygens (including phenoxy) is 1. The highest BCUT2D eigenvalue weighted by atomic mass is 16.5. The van der Waals surface area contributed by atoms with Crippen molar-refractivity contribution >= 4 is 11.6 Å². The van der Waals surface area contributed by atoms with Gasteiger partial charge in [0.2, 0.25) is 5.91 Å². The Hall–Kier alpha value is -2.06. The first-order valence-corrected chi connectivity index (χ1v) is 6.40. The van der Waals surface area contributed by atoms with Crippen molar-refractivity contribution in [3.63, 3.8) is 0 Å². The van der Waals surface area contributed by atoms with Crippen molar-refractivity contribution in [1.82, 2.24) is 4.90 Å². The maximum Gasteiger partial charge on any atom is 0.224 e. The Bertz CT molecular complexity index is 476. The molecule has 5 nitrogen and oxygen atoms in total. The average molecular weight is 259 g/mol. The summed E-state index contributed by atoms with van der Waals surface area (Å²) in [5.41, 5.74) is 1.38. The summed E-state index contributed by atoms with van der Waals surface area (Å²) in [6, 6.07) is 9.41. The molecule has 0 radical (unpaired) electrons. The van der Waals surface area contributed by atoms with Gasteiger partial charge in [0.05, 0.1) is 24.5 Å². The highest BCUT2D eigenvalue weighted by molar-refractivity contribution is 5.77. The molecule has 2 rings (SSSR count). The molecular weight excluding hydrogens is 242 g/mol. The molecule has 0 aliphatic carbocycles. The molecule has 5 heteroatoms. The molecule has 19 heavy (non-hydrogen) atoms. The maximum absolute atomic E-state index is 11.9. The number of benzene rings is 1. The summed E-state index contributed by atoms with van der Waals surface area (Å²) in [5.74, 6) is 0.130. The molecule has 1 aromatic carbocycles. The van der Waals surface area contributed by atoms with E-state index in [4.69, 9.17) is 10.00 Å². The third-order valence-corrected chi connectivity index (χ3v) is 3.07. The predicted molar refractivity (Wildman–Crippen MR) is 71.7 cm³/mol. The van der Waals surface area contributed by atoms with Gasteiger partial charge in [0, 0.05) is 26.1 Å². The largest absolute Gasteiger partial charge is 0.383 e. The Morgan fingerprint density at radius 1 is 1.37 bits per heavy atom. The predicted octanol–water partition coefficient (Wildman–Crippen LogP) is 1.22. The number of carbonyl (C=O) groups is 1. The zero-order valence-corrected chi connectivity index (χ0v) is 10.8.